The molecule has 2 heterocycles. The predicted molar refractivity (Wildman–Crippen MR) is 101 cm³/mol. The minimum absolute atomic E-state index is 0.126. The van der Waals surface area contributed by atoms with Crippen molar-refractivity contribution < 1.29 is 18.4 Å². The lowest BCUT2D eigenvalue weighted by molar-refractivity contribution is 0.0715. The van der Waals surface area contributed by atoms with Crippen molar-refractivity contribution in [1.29, 1.82) is 0 Å². The number of nitrogens with zero attached hydrogens (tertiary/aromatic N) is 3. The number of nitrogens with one attached hydrogen (secondary N) is 1. The van der Waals surface area contributed by atoms with Crippen molar-refractivity contribution in [2.24, 2.45) is 0 Å². The molecule has 1 unspecified atom stereocenters. The average Bonchev–Trinajstić information content (AvgIpc) is 2.94. The number of carbonyl (C=O) groups is 2. The van der Waals surface area contributed by atoms with Crippen molar-refractivity contribution in [2.45, 2.75) is 6.42 Å². The fourth-order valence-corrected chi connectivity index (χ4v) is 3.28. The predicted octanol–water partition coefficient (Wildman–Crippen LogP) is 1.62. The number of rotatable bonds is 4. The maximum atomic E-state index is 12.7. The normalized spacial score (nSPS) is 15.7. The van der Waals surface area contributed by atoms with Crippen LogP contribution in [0.15, 0.2) is 48.7 Å². The molecule has 8 nitrogen and oxygen atoms in total. The Hall–Kier alpha value is -2.78. The van der Waals surface area contributed by atoms with Gasteiger partial charge in [0, 0.05) is 43.6 Å². The Labute approximate surface area is 159 Å². The van der Waals surface area contributed by atoms with Crippen LogP contribution in [0.25, 0.3) is 0 Å². The third-order valence-electron chi connectivity index (χ3n) is 4.29. The van der Waals surface area contributed by atoms with Gasteiger partial charge in [0.15, 0.2) is 0 Å². The molecule has 0 spiro atoms. The van der Waals surface area contributed by atoms with E-state index in [1.54, 1.807) is 58.5 Å². The minimum atomic E-state index is -2.15. The quantitative estimate of drug-likeness (QED) is 0.775. The lowest BCUT2D eigenvalue weighted by Gasteiger charge is -2.22. The van der Waals surface area contributed by atoms with Gasteiger partial charge in [-0.3, -0.25) is 23.8 Å². The molecule has 27 heavy (non-hydrogen) atoms. The zero-order chi connectivity index (χ0) is 19.2. The maximum Gasteiger partial charge on any atom is 0.272 e. The molecule has 0 radical (unpaired) electrons. The third-order valence-corrected chi connectivity index (χ3v) is 4.70. The van der Waals surface area contributed by atoms with Gasteiger partial charge in [0.05, 0.1) is 0 Å². The Kier molecular flexibility index (Phi) is 6.15. The molecule has 0 bridgehead atoms. The van der Waals surface area contributed by atoms with Crippen molar-refractivity contribution in [3.63, 3.8) is 0 Å². The molecule has 142 valence electrons. The molecule has 1 saturated heterocycles. The fraction of sp³-hybridized carbons (Fsp3) is 0.278. The second-order valence-corrected chi connectivity index (χ2v) is 6.78. The van der Waals surface area contributed by atoms with Crippen LogP contribution in [0.5, 0.6) is 0 Å². The van der Waals surface area contributed by atoms with Gasteiger partial charge in [0.25, 0.3) is 23.1 Å². The Morgan fingerprint density at radius 3 is 2.22 bits per heavy atom. The van der Waals surface area contributed by atoms with Gasteiger partial charge in [-0.1, -0.05) is 6.07 Å². The van der Waals surface area contributed by atoms with Gasteiger partial charge in [0.2, 0.25) is 0 Å². The molecule has 1 atom stereocenters. The van der Waals surface area contributed by atoms with Gasteiger partial charge >= 0.3 is 0 Å². The van der Waals surface area contributed by atoms with Gasteiger partial charge in [-0.25, -0.2) is 4.21 Å². The summed E-state index contributed by atoms with van der Waals surface area (Å²) in [7, 11) is 0. The summed E-state index contributed by atoms with van der Waals surface area (Å²) in [4.78, 5) is 32.8. The fourth-order valence-electron chi connectivity index (χ4n) is 2.94. The highest BCUT2D eigenvalue weighted by Crippen LogP contribution is 2.14. The van der Waals surface area contributed by atoms with Crippen LogP contribution in [-0.4, -0.2) is 61.5 Å². The first-order chi connectivity index (χ1) is 13.0. The highest BCUT2D eigenvalue weighted by molar-refractivity contribution is 7.80. The molecular formula is C18H20N4O4S. The van der Waals surface area contributed by atoms with E-state index in [1.165, 1.54) is 0 Å². The summed E-state index contributed by atoms with van der Waals surface area (Å²) in [5.74, 6) is -0.254. The first-order valence-electron chi connectivity index (χ1n) is 8.52. The largest absolute Gasteiger partial charge is 0.337 e. The number of amides is 2. The molecule has 1 aromatic heterocycles. The molecule has 3 rings (SSSR count). The molecule has 9 heteroatoms. The van der Waals surface area contributed by atoms with Gasteiger partial charge in [-0.2, -0.15) is 0 Å². The van der Waals surface area contributed by atoms with Gasteiger partial charge < -0.3 is 9.80 Å². The number of aromatic nitrogens is 1. The number of hydrogen-bond acceptors (Lipinski definition) is 4. The van der Waals surface area contributed by atoms with E-state index in [9.17, 15) is 13.8 Å². The molecule has 0 aliphatic carbocycles. The van der Waals surface area contributed by atoms with Crippen LogP contribution in [0.1, 0.15) is 27.3 Å². The maximum absolute atomic E-state index is 12.7. The van der Waals surface area contributed by atoms with Crippen LogP contribution < -0.4 is 4.72 Å². The topological polar surface area (TPSA) is 103 Å². The second kappa shape index (κ2) is 8.74. The summed E-state index contributed by atoms with van der Waals surface area (Å²) in [5.41, 5.74) is 1.35. The monoisotopic (exact) mass is 388 g/mol. The molecule has 0 saturated carbocycles. The number of benzene rings is 1. The molecule has 2 aromatic rings. The summed E-state index contributed by atoms with van der Waals surface area (Å²) in [6.45, 7) is 2.03. The van der Waals surface area contributed by atoms with E-state index in [-0.39, 0.29) is 11.8 Å². The van der Waals surface area contributed by atoms with E-state index in [1.807, 2.05) is 0 Å². The molecule has 2 amide bonds. The second-order valence-electron chi connectivity index (χ2n) is 6.08. The number of carbonyl (C=O) groups excluding carboxylic acids is 2. The van der Waals surface area contributed by atoms with Crippen LogP contribution in [0.2, 0.25) is 0 Å². The van der Waals surface area contributed by atoms with Crippen LogP contribution in [0, 0.1) is 0 Å². The Bertz CT molecular complexity index is 829. The van der Waals surface area contributed by atoms with E-state index in [0.29, 0.717) is 49.5 Å². The van der Waals surface area contributed by atoms with E-state index < -0.39 is 11.3 Å². The minimum Gasteiger partial charge on any atom is -0.337 e. The molecule has 1 aromatic carbocycles. The summed E-state index contributed by atoms with van der Waals surface area (Å²) in [5, 5.41) is 0. The van der Waals surface area contributed by atoms with E-state index in [2.05, 4.69) is 9.71 Å². The first-order valence-corrected chi connectivity index (χ1v) is 9.62. The Balaban J connectivity index is 1.62. The lowest BCUT2D eigenvalue weighted by atomic mass is 10.2. The number of anilines is 1. The third kappa shape index (κ3) is 4.89. The Morgan fingerprint density at radius 1 is 0.963 bits per heavy atom. The summed E-state index contributed by atoms with van der Waals surface area (Å²) >= 11 is -2.15. The molecule has 2 N–H and O–H groups in total. The Morgan fingerprint density at radius 2 is 1.63 bits per heavy atom. The number of pyridine rings is 1. The molecule has 1 aliphatic rings. The van der Waals surface area contributed by atoms with E-state index in [4.69, 9.17) is 4.55 Å². The molecule has 1 aliphatic heterocycles. The zero-order valence-corrected chi connectivity index (χ0v) is 15.4. The highest BCUT2D eigenvalue weighted by atomic mass is 32.2. The smallest absolute Gasteiger partial charge is 0.272 e. The average molecular weight is 388 g/mol. The first kappa shape index (κ1) is 19.0. The van der Waals surface area contributed by atoms with Gasteiger partial charge in [-0.15, -0.1) is 0 Å². The summed E-state index contributed by atoms with van der Waals surface area (Å²) < 4.78 is 21.9. The van der Waals surface area contributed by atoms with Crippen molar-refractivity contribution in [3.05, 3.63) is 59.9 Å². The van der Waals surface area contributed by atoms with Crippen molar-refractivity contribution in [3.8, 4) is 0 Å². The van der Waals surface area contributed by atoms with Crippen LogP contribution in [0.4, 0.5) is 5.69 Å². The van der Waals surface area contributed by atoms with Gasteiger partial charge in [-0.05, 0) is 42.8 Å². The standard InChI is InChI=1S/C18H20N4O4S/c23-17(14-5-7-15(8-6-14)20-27(25)26)21-10-3-11-22(13-12-21)18(24)16-4-1-2-9-19-16/h1-2,4-9,20H,3,10-13H2,(H,25,26). The summed E-state index contributed by atoms with van der Waals surface area (Å²) in [6, 6.07) is 11.6. The van der Waals surface area contributed by atoms with E-state index in [0.717, 1.165) is 0 Å². The van der Waals surface area contributed by atoms with Crippen LogP contribution in [-0.2, 0) is 11.3 Å². The number of hydrogen-bond donors (Lipinski definition) is 2. The van der Waals surface area contributed by atoms with Gasteiger partial charge in [0.1, 0.15) is 5.69 Å². The van der Waals surface area contributed by atoms with Crippen LogP contribution >= 0.6 is 0 Å². The zero-order valence-electron chi connectivity index (χ0n) is 14.6. The van der Waals surface area contributed by atoms with Crippen molar-refractivity contribution in [2.75, 3.05) is 30.9 Å². The summed E-state index contributed by atoms with van der Waals surface area (Å²) in [6.07, 6.45) is 2.28. The molecule has 1 fully saturated rings. The SMILES string of the molecule is O=C(c1ccc(NS(=O)O)cc1)N1CCCN(C(=O)c2ccccn2)CC1. The van der Waals surface area contributed by atoms with Crippen molar-refractivity contribution >= 4 is 28.8 Å². The lowest BCUT2D eigenvalue weighted by Crippen LogP contribution is -2.37. The molecular weight excluding hydrogens is 368 g/mol. The van der Waals surface area contributed by atoms with Crippen LogP contribution in [0.3, 0.4) is 0 Å². The van der Waals surface area contributed by atoms with E-state index >= 15 is 0 Å². The van der Waals surface area contributed by atoms with Crippen molar-refractivity contribution in [1.82, 2.24) is 14.8 Å². The highest BCUT2D eigenvalue weighted by Gasteiger charge is 2.24.